The van der Waals surface area contributed by atoms with Crippen LogP contribution < -0.4 is 5.32 Å². The van der Waals surface area contributed by atoms with Gasteiger partial charge in [-0.15, -0.1) is 0 Å². The average Bonchev–Trinajstić information content (AvgIpc) is 2.41. The molecule has 0 amide bonds. The molecule has 0 spiro atoms. The van der Waals surface area contributed by atoms with Crippen LogP contribution >= 0.6 is 0 Å². The third-order valence-electron chi connectivity index (χ3n) is 7.30. The summed E-state index contributed by atoms with van der Waals surface area (Å²) in [5.41, 5.74) is 0.567. The molecule has 2 heterocycles. The van der Waals surface area contributed by atoms with Crippen LogP contribution in [0, 0.1) is 11.8 Å². The molecule has 0 aliphatic carbocycles. The van der Waals surface area contributed by atoms with Gasteiger partial charge in [0.15, 0.2) is 0 Å². The Morgan fingerprint density at radius 3 is 1.38 bits per heavy atom. The fraction of sp³-hybridized carbons (Fsp3) is 1.00. The first-order chi connectivity index (χ1) is 9.58. The van der Waals surface area contributed by atoms with Crippen LogP contribution in [0.1, 0.15) is 67.2 Å². The molecule has 2 saturated heterocycles. The lowest BCUT2D eigenvalue weighted by Crippen LogP contribution is -2.66. The van der Waals surface area contributed by atoms with Crippen LogP contribution in [0.3, 0.4) is 0 Å². The number of likely N-dealkylation sites (tertiary alicyclic amines) is 2. The molecule has 3 nitrogen and oxygen atoms in total. The van der Waals surface area contributed by atoms with Gasteiger partial charge in [-0.1, -0.05) is 13.8 Å². The highest BCUT2D eigenvalue weighted by atomic mass is 15.4. The predicted molar refractivity (Wildman–Crippen MR) is 91.2 cm³/mol. The van der Waals surface area contributed by atoms with Crippen molar-refractivity contribution in [2.75, 3.05) is 14.1 Å². The minimum absolute atomic E-state index is 0.284. The smallest absolute Gasteiger partial charge is 0.0611 e. The van der Waals surface area contributed by atoms with Crippen LogP contribution in [-0.2, 0) is 0 Å². The molecule has 124 valence electrons. The number of nitrogens with one attached hydrogen (secondary N) is 1. The summed E-state index contributed by atoms with van der Waals surface area (Å²) in [6.07, 6.45) is 6.19. The van der Waals surface area contributed by atoms with E-state index in [0.717, 1.165) is 11.8 Å². The molecule has 0 radical (unpaired) electrons. The van der Waals surface area contributed by atoms with Gasteiger partial charge in [-0.3, -0.25) is 15.1 Å². The Morgan fingerprint density at radius 1 is 0.714 bits per heavy atom. The minimum atomic E-state index is 0.284. The first-order valence-corrected chi connectivity index (χ1v) is 8.80. The average molecular weight is 296 g/mol. The maximum atomic E-state index is 3.96. The zero-order chi connectivity index (χ0) is 16.0. The lowest BCUT2D eigenvalue weighted by atomic mass is 9.78. The molecule has 0 aromatic rings. The summed E-state index contributed by atoms with van der Waals surface area (Å²) < 4.78 is 0. The molecule has 0 aromatic heterocycles. The summed E-state index contributed by atoms with van der Waals surface area (Å²) >= 11 is 0. The molecule has 21 heavy (non-hydrogen) atoms. The van der Waals surface area contributed by atoms with Crippen molar-refractivity contribution in [2.24, 2.45) is 11.8 Å². The summed E-state index contributed by atoms with van der Waals surface area (Å²) in [5.74, 6) is 1.53. The highest BCUT2D eigenvalue weighted by Crippen LogP contribution is 2.37. The van der Waals surface area contributed by atoms with Crippen molar-refractivity contribution in [2.45, 2.75) is 90.6 Å². The second-order valence-corrected chi connectivity index (χ2v) is 8.68. The van der Waals surface area contributed by atoms with E-state index in [4.69, 9.17) is 0 Å². The van der Waals surface area contributed by atoms with E-state index in [1.165, 1.54) is 25.7 Å². The number of hydrogen-bond donors (Lipinski definition) is 1. The largest absolute Gasteiger partial charge is 0.286 e. The molecule has 1 N–H and O–H groups in total. The van der Waals surface area contributed by atoms with Crippen molar-refractivity contribution in [3.63, 3.8) is 0 Å². The van der Waals surface area contributed by atoms with Crippen LogP contribution in [0.4, 0.5) is 0 Å². The van der Waals surface area contributed by atoms with Crippen LogP contribution in [-0.4, -0.2) is 47.3 Å². The third kappa shape index (κ3) is 3.02. The molecule has 4 unspecified atom stereocenters. The van der Waals surface area contributed by atoms with E-state index in [2.05, 4.69) is 70.8 Å². The van der Waals surface area contributed by atoms with Gasteiger partial charge in [-0.05, 0) is 79.3 Å². The standard InChI is InChI=1S/C18H37N3/c1-13-9-11-15(20(7)17(13,3)4)19-16-12-10-14(2)18(5,6)21(16)8/h13-16,19H,9-12H2,1-8H3. The number of piperidine rings is 2. The first-order valence-electron chi connectivity index (χ1n) is 8.80. The normalized spacial score (nSPS) is 41.1. The SMILES string of the molecule is CC1CCC(NC2CCC(C)C(C)(C)N2C)N(C)C1(C)C. The van der Waals surface area contributed by atoms with Gasteiger partial charge in [0.1, 0.15) is 0 Å². The Bertz CT molecular complexity index is 329. The van der Waals surface area contributed by atoms with E-state index in [9.17, 15) is 0 Å². The van der Waals surface area contributed by atoms with Gasteiger partial charge in [0, 0.05) is 11.1 Å². The zero-order valence-corrected chi connectivity index (χ0v) is 15.5. The maximum Gasteiger partial charge on any atom is 0.0611 e. The monoisotopic (exact) mass is 295 g/mol. The van der Waals surface area contributed by atoms with Crippen LogP contribution in [0.25, 0.3) is 0 Å². The molecular weight excluding hydrogens is 258 g/mol. The van der Waals surface area contributed by atoms with Crippen molar-refractivity contribution in [1.29, 1.82) is 0 Å². The maximum absolute atomic E-state index is 3.96. The summed E-state index contributed by atoms with van der Waals surface area (Å²) in [4.78, 5) is 5.14. The Hall–Kier alpha value is -0.120. The molecule has 0 saturated carbocycles. The molecule has 0 bridgehead atoms. The van der Waals surface area contributed by atoms with E-state index < -0.39 is 0 Å². The van der Waals surface area contributed by atoms with E-state index in [-0.39, 0.29) is 11.1 Å². The van der Waals surface area contributed by atoms with Crippen molar-refractivity contribution >= 4 is 0 Å². The molecule has 2 fully saturated rings. The van der Waals surface area contributed by atoms with Crippen LogP contribution in [0.15, 0.2) is 0 Å². The van der Waals surface area contributed by atoms with Gasteiger partial charge < -0.3 is 0 Å². The minimum Gasteiger partial charge on any atom is -0.286 e. The summed E-state index contributed by atoms with van der Waals surface area (Å²) in [7, 11) is 4.59. The zero-order valence-electron chi connectivity index (χ0n) is 15.5. The van der Waals surface area contributed by atoms with Crippen molar-refractivity contribution in [3.05, 3.63) is 0 Å². The molecule has 2 aliphatic rings. The molecule has 4 atom stereocenters. The van der Waals surface area contributed by atoms with Crippen molar-refractivity contribution in [3.8, 4) is 0 Å². The Balaban J connectivity index is 2.05. The second-order valence-electron chi connectivity index (χ2n) is 8.68. The summed E-state index contributed by atoms with van der Waals surface area (Å²) in [6, 6.07) is 0. The van der Waals surface area contributed by atoms with Crippen molar-refractivity contribution < 1.29 is 0 Å². The molecule has 0 aromatic carbocycles. The van der Waals surface area contributed by atoms with Gasteiger partial charge in [0.2, 0.25) is 0 Å². The van der Waals surface area contributed by atoms with Gasteiger partial charge in [-0.25, -0.2) is 0 Å². The molecule has 2 aliphatic heterocycles. The summed E-state index contributed by atoms with van der Waals surface area (Å²) in [6.45, 7) is 14.4. The number of hydrogen-bond acceptors (Lipinski definition) is 3. The Labute approximate surface area is 132 Å². The number of nitrogens with zero attached hydrogens (tertiary/aromatic N) is 2. The van der Waals surface area contributed by atoms with Gasteiger partial charge in [0.25, 0.3) is 0 Å². The molecule has 3 heteroatoms. The summed E-state index contributed by atoms with van der Waals surface area (Å²) in [5, 5.41) is 3.96. The van der Waals surface area contributed by atoms with Crippen LogP contribution in [0.2, 0.25) is 0 Å². The Morgan fingerprint density at radius 2 is 1.05 bits per heavy atom. The fourth-order valence-electron chi connectivity index (χ4n) is 4.02. The highest BCUT2D eigenvalue weighted by Gasteiger charge is 2.43. The number of rotatable bonds is 2. The molecule has 2 rings (SSSR count). The van der Waals surface area contributed by atoms with E-state index in [0.29, 0.717) is 12.3 Å². The highest BCUT2D eigenvalue weighted by molar-refractivity contribution is 4.97. The van der Waals surface area contributed by atoms with E-state index in [1.807, 2.05) is 0 Å². The fourth-order valence-corrected chi connectivity index (χ4v) is 4.02. The lowest BCUT2D eigenvalue weighted by molar-refractivity contribution is -0.0572. The van der Waals surface area contributed by atoms with E-state index >= 15 is 0 Å². The second kappa shape index (κ2) is 5.82. The third-order valence-corrected chi connectivity index (χ3v) is 7.30. The lowest BCUT2D eigenvalue weighted by Gasteiger charge is -2.54. The van der Waals surface area contributed by atoms with Gasteiger partial charge in [-0.2, -0.15) is 0 Å². The predicted octanol–water partition coefficient (Wildman–Crippen LogP) is 3.51. The van der Waals surface area contributed by atoms with Crippen molar-refractivity contribution in [1.82, 2.24) is 15.1 Å². The molecular formula is C18H37N3. The topological polar surface area (TPSA) is 18.5 Å². The van der Waals surface area contributed by atoms with Gasteiger partial charge in [0.05, 0.1) is 12.3 Å². The van der Waals surface area contributed by atoms with E-state index in [1.54, 1.807) is 0 Å². The quantitative estimate of drug-likeness (QED) is 0.841. The first kappa shape index (κ1) is 17.2. The van der Waals surface area contributed by atoms with Crippen LogP contribution in [0.5, 0.6) is 0 Å². The Kier molecular flexibility index (Phi) is 4.78. The van der Waals surface area contributed by atoms with Gasteiger partial charge >= 0.3 is 0 Å².